The van der Waals surface area contributed by atoms with Gasteiger partial charge >= 0.3 is 0 Å². The van der Waals surface area contributed by atoms with E-state index in [1.54, 1.807) is 0 Å². The molecule has 0 nitrogen and oxygen atoms in total. The average molecular weight is 114 g/mol. The predicted octanol–water partition coefficient (Wildman–Crippen LogP) is 2.03. The Labute approximate surface area is 49.9 Å². The summed E-state index contributed by atoms with van der Waals surface area (Å²) in [5.41, 5.74) is 0. The molecular formula is C6H10S. The molecule has 0 aromatic carbocycles. The first-order chi connectivity index (χ1) is 3.38. The molecule has 0 aromatic rings. The largest absolute Gasteiger partial charge is 0.0932 e. The Morgan fingerprint density at radius 2 is 2.57 bits per heavy atom. The second-order valence-corrected chi connectivity index (χ2v) is 2.48. The molecule has 1 saturated carbocycles. The summed E-state index contributed by atoms with van der Waals surface area (Å²) in [5.74, 6) is 1.76. The molecule has 1 heteroatoms. The van der Waals surface area contributed by atoms with Gasteiger partial charge < -0.3 is 0 Å². The maximum Gasteiger partial charge on any atom is -0.00972 e. The highest BCUT2D eigenvalue weighted by Gasteiger charge is 2.32. The van der Waals surface area contributed by atoms with Crippen LogP contribution >= 0.6 is 12.2 Å². The van der Waals surface area contributed by atoms with E-state index in [1.165, 1.54) is 12.8 Å². The van der Waals surface area contributed by atoms with E-state index in [1.807, 2.05) is 5.37 Å². The molecule has 0 bridgehead atoms. The number of hydrogen-bond donors (Lipinski definition) is 0. The van der Waals surface area contributed by atoms with Gasteiger partial charge in [-0.25, -0.2) is 0 Å². The summed E-state index contributed by atoms with van der Waals surface area (Å²) in [6.45, 7) is 2.23. The van der Waals surface area contributed by atoms with Crippen LogP contribution in [-0.2, 0) is 0 Å². The number of thiocarbonyl (C=S) groups is 1. The summed E-state index contributed by atoms with van der Waals surface area (Å²) < 4.78 is 0. The van der Waals surface area contributed by atoms with Gasteiger partial charge in [0, 0.05) is 0 Å². The van der Waals surface area contributed by atoms with Crippen molar-refractivity contribution in [1.82, 2.24) is 0 Å². The molecule has 1 fully saturated rings. The fraction of sp³-hybridized carbons (Fsp3) is 0.833. The van der Waals surface area contributed by atoms with E-state index in [0.29, 0.717) is 0 Å². The standard InChI is InChI=1S/C6H10S/c1-2-5-3-6(5)4-7/h4-6H,2-3H2,1H3. The Bertz CT molecular complexity index is 78.2. The van der Waals surface area contributed by atoms with Crippen molar-refractivity contribution in [1.29, 1.82) is 0 Å². The zero-order valence-corrected chi connectivity index (χ0v) is 5.37. The minimum absolute atomic E-state index is 0.806. The van der Waals surface area contributed by atoms with Gasteiger partial charge in [0.1, 0.15) is 0 Å². The molecule has 0 N–H and O–H groups in total. The zero-order valence-electron chi connectivity index (χ0n) is 4.55. The lowest BCUT2D eigenvalue weighted by molar-refractivity contribution is 0.775. The Morgan fingerprint density at radius 1 is 1.86 bits per heavy atom. The SMILES string of the molecule is CCC1CC1C=S. The van der Waals surface area contributed by atoms with E-state index in [9.17, 15) is 0 Å². The number of rotatable bonds is 2. The first kappa shape index (κ1) is 5.23. The van der Waals surface area contributed by atoms with Gasteiger partial charge in [0.05, 0.1) is 0 Å². The van der Waals surface area contributed by atoms with Gasteiger partial charge in [-0.15, -0.1) is 0 Å². The molecule has 7 heavy (non-hydrogen) atoms. The molecule has 1 rings (SSSR count). The van der Waals surface area contributed by atoms with Gasteiger partial charge in [0.15, 0.2) is 0 Å². The lowest BCUT2D eigenvalue weighted by atomic mass is 10.3. The van der Waals surface area contributed by atoms with Crippen molar-refractivity contribution < 1.29 is 0 Å². The van der Waals surface area contributed by atoms with E-state index in [4.69, 9.17) is 12.2 Å². The van der Waals surface area contributed by atoms with Crippen LogP contribution in [0.25, 0.3) is 0 Å². The van der Waals surface area contributed by atoms with Gasteiger partial charge in [-0.3, -0.25) is 0 Å². The fourth-order valence-electron chi connectivity index (χ4n) is 0.907. The molecule has 0 heterocycles. The van der Waals surface area contributed by atoms with E-state index < -0.39 is 0 Å². The van der Waals surface area contributed by atoms with Crippen molar-refractivity contribution in [3.8, 4) is 0 Å². The Morgan fingerprint density at radius 3 is 2.71 bits per heavy atom. The summed E-state index contributed by atoms with van der Waals surface area (Å²) in [7, 11) is 0. The van der Waals surface area contributed by atoms with Crippen LogP contribution in [0.3, 0.4) is 0 Å². The van der Waals surface area contributed by atoms with E-state index >= 15 is 0 Å². The summed E-state index contributed by atoms with van der Waals surface area (Å²) >= 11 is 4.76. The van der Waals surface area contributed by atoms with Crippen LogP contribution < -0.4 is 0 Å². The zero-order chi connectivity index (χ0) is 5.28. The smallest absolute Gasteiger partial charge is 0.00972 e. The quantitative estimate of drug-likeness (QED) is 0.495. The molecule has 0 saturated heterocycles. The van der Waals surface area contributed by atoms with Gasteiger partial charge in [-0.1, -0.05) is 25.6 Å². The highest BCUT2D eigenvalue weighted by Crippen LogP contribution is 2.39. The second kappa shape index (κ2) is 1.91. The highest BCUT2D eigenvalue weighted by molar-refractivity contribution is 7.79. The van der Waals surface area contributed by atoms with Gasteiger partial charge in [-0.2, -0.15) is 0 Å². The Balaban J connectivity index is 2.17. The Hall–Kier alpha value is 0.0900. The Kier molecular flexibility index (Phi) is 1.43. The third-order valence-electron chi connectivity index (χ3n) is 1.68. The van der Waals surface area contributed by atoms with Crippen molar-refractivity contribution in [2.75, 3.05) is 0 Å². The van der Waals surface area contributed by atoms with Gasteiger partial charge in [0.2, 0.25) is 0 Å². The normalized spacial score (nSPS) is 37.9. The van der Waals surface area contributed by atoms with Crippen molar-refractivity contribution in [2.24, 2.45) is 11.8 Å². The van der Waals surface area contributed by atoms with E-state index in [-0.39, 0.29) is 0 Å². The van der Waals surface area contributed by atoms with Crippen LogP contribution in [0.4, 0.5) is 0 Å². The molecular weight excluding hydrogens is 104 g/mol. The monoisotopic (exact) mass is 114 g/mol. The van der Waals surface area contributed by atoms with Crippen molar-refractivity contribution in [3.05, 3.63) is 0 Å². The topological polar surface area (TPSA) is 0 Å². The van der Waals surface area contributed by atoms with Crippen molar-refractivity contribution in [2.45, 2.75) is 19.8 Å². The molecule has 0 amide bonds. The lowest BCUT2D eigenvalue weighted by Gasteiger charge is -1.80. The summed E-state index contributed by atoms with van der Waals surface area (Å²) in [4.78, 5) is 0. The van der Waals surface area contributed by atoms with E-state index in [2.05, 4.69) is 6.92 Å². The molecule has 0 radical (unpaired) electrons. The molecule has 0 aliphatic heterocycles. The molecule has 40 valence electrons. The van der Waals surface area contributed by atoms with Crippen LogP contribution in [0.2, 0.25) is 0 Å². The third kappa shape index (κ3) is 1.00. The molecule has 2 atom stereocenters. The van der Waals surface area contributed by atoms with E-state index in [0.717, 1.165) is 11.8 Å². The highest BCUT2D eigenvalue weighted by atomic mass is 32.1. The van der Waals surface area contributed by atoms with Crippen LogP contribution in [0.15, 0.2) is 0 Å². The average Bonchev–Trinajstić information content (AvgIpc) is 2.43. The first-order valence-corrected chi connectivity index (χ1v) is 3.31. The molecule has 1 aliphatic rings. The maximum absolute atomic E-state index is 4.76. The second-order valence-electron chi connectivity index (χ2n) is 2.20. The van der Waals surface area contributed by atoms with Gasteiger partial charge in [0.25, 0.3) is 0 Å². The first-order valence-electron chi connectivity index (χ1n) is 2.83. The number of hydrogen-bond acceptors (Lipinski definition) is 1. The molecule has 0 aromatic heterocycles. The minimum atomic E-state index is 0.806. The van der Waals surface area contributed by atoms with Crippen LogP contribution in [0.1, 0.15) is 19.8 Å². The maximum atomic E-state index is 4.76. The van der Waals surface area contributed by atoms with Crippen LogP contribution in [0.5, 0.6) is 0 Å². The summed E-state index contributed by atoms with van der Waals surface area (Å²) in [5, 5.41) is 1.91. The van der Waals surface area contributed by atoms with Gasteiger partial charge in [-0.05, 0) is 23.6 Å². The summed E-state index contributed by atoms with van der Waals surface area (Å²) in [6, 6.07) is 0. The fourth-order valence-corrected chi connectivity index (χ4v) is 1.24. The lowest BCUT2D eigenvalue weighted by Crippen LogP contribution is -1.76. The summed E-state index contributed by atoms with van der Waals surface area (Å²) in [6.07, 6.45) is 2.68. The van der Waals surface area contributed by atoms with Crippen molar-refractivity contribution in [3.63, 3.8) is 0 Å². The van der Waals surface area contributed by atoms with Crippen molar-refractivity contribution >= 4 is 17.6 Å². The minimum Gasteiger partial charge on any atom is -0.0932 e. The third-order valence-corrected chi connectivity index (χ3v) is 2.03. The molecule has 1 aliphatic carbocycles. The van der Waals surface area contributed by atoms with Crippen LogP contribution in [-0.4, -0.2) is 5.37 Å². The van der Waals surface area contributed by atoms with Crippen LogP contribution in [0, 0.1) is 11.8 Å². The predicted molar refractivity (Wildman–Crippen MR) is 35.5 cm³/mol. The molecule has 0 spiro atoms. The molecule has 2 unspecified atom stereocenters.